The zero-order valence-electron chi connectivity index (χ0n) is 14.4. The Morgan fingerprint density at radius 2 is 2.04 bits per heavy atom. The first-order chi connectivity index (χ1) is 12.1. The van der Waals surface area contributed by atoms with E-state index in [1.165, 1.54) is 13.2 Å². The van der Waals surface area contributed by atoms with Crippen LogP contribution in [-0.2, 0) is 9.53 Å². The van der Waals surface area contributed by atoms with Crippen LogP contribution in [0.1, 0.15) is 30.6 Å². The number of hydrazine groups is 1. The van der Waals surface area contributed by atoms with Gasteiger partial charge in [0.2, 0.25) is 0 Å². The van der Waals surface area contributed by atoms with Crippen LogP contribution in [0.2, 0.25) is 0 Å². The van der Waals surface area contributed by atoms with E-state index in [-0.39, 0.29) is 12.2 Å². The highest BCUT2D eigenvalue weighted by Crippen LogP contribution is 2.28. The van der Waals surface area contributed by atoms with Gasteiger partial charge in [-0.05, 0) is 31.5 Å². The van der Waals surface area contributed by atoms with E-state index in [1.54, 1.807) is 25.1 Å². The molecule has 0 aliphatic carbocycles. The molecular weight excluding hydrogens is 326 g/mol. The Labute approximate surface area is 146 Å². The van der Waals surface area contributed by atoms with Gasteiger partial charge in [-0.3, -0.25) is 10.2 Å². The minimum Gasteiger partial charge on any atom is -0.493 e. The van der Waals surface area contributed by atoms with Crippen molar-refractivity contribution in [3.8, 4) is 17.6 Å². The van der Waals surface area contributed by atoms with Gasteiger partial charge in [-0.2, -0.15) is 5.26 Å². The monoisotopic (exact) mass is 347 g/mol. The fourth-order valence-electron chi connectivity index (χ4n) is 1.73. The summed E-state index contributed by atoms with van der Waals surface area (Å²) in [5, 5.41) is 8.87. The zero-order valence-corrected chi connectivity index (χ0v) is 14.4. The van der Waals surface area contributed by atoms with Crippen LogP contribution in [0.3, 0.4) is 0 Å². The Bertz CT molecular complexity index is 679. The lowest BCUT2D eigenvalue weighted by Gasteiger charge is -2.11. The van der Waals surface area contributed by atoms with E-state index in [9.17, 15) is 9.59 Å². The van der Waals surface area contributed by atoms with Crippen molar-refractivity contribution in [1.29, 1.82) is 5.26 Å². The standard InChI is InChI=1S/C17H21N3O5/c1-4-8-25-14-7-6-12(9-15(14)23-3)16(21)20-19-11-13(10-18)17(22)24-5-2/h6-7,9,11,19H,4-5,8H2,1-3H3,(H,20,21)/b13-11+. The van der Waals surface area contributed by atoms with Crippen molar-refractivity contribution in [2.45, 2.75) is 20.3 Å². The van der Waals surface area contributed by atoms with Crippen LogP contribution in [-0.4, -0.2) is 32.2 Å². The second kappa shape index (κ2) is 10.5. The number of nitrogens with one attached hydrogen (secondary N) is 2. The van der Waals surface area contributed by atoms with Gasteiger partial charge < -0.3 is 19.6 Å². The van der Waals surface area contributed by atoms with E-state index in [2.05, 4.69) is 10.9 Å². The molecule has 0 atom stereocenters. The van der Waals surface area contributed by atoms with Crippen LogP contribution >= 0.6 is 0 Å². The Morgan fingerprint density at radius 3 is 2.64 bits per heavy atom. The molecule has 0 heterocycles. The number of hydrogen-bond donors (Lipinski definition) is 2. The molecule has 8 heteroatoms. The molecular formula is C17H21N3O5. The third kappa shape index (κ3) is 6.06. The minimum atomic E-state index is -0.772. The lowest BCUT2D eigenvalue weighted by Crippen LogP contribution is -2.34. The summed E-state index contributed by atoms with van der Waals surface area (Å²) in [5.74, 6) is -0.271. The highest BCUT2D eigenvalue weighted by Gasteiger charge is 2.12. The summed E-state index contributed by atoms with van der Waals surface area (Å²) in [6.07, 6.45) is 1.91. The molecule has 0 spiro atoms. The number of carbonyl (C=O) groups excluding carboxylic acids is 2. The molecule has 1 aromatic rings. The molecule has 0 unspecified atom stereocenters. The maximum Gasteiger partial charge on any atom is 0.350 e. The molecule has 0 fully saturated rings. The average Bonchev–Trinajstić information content (AvgIpc) is 2.63. The molecule has 1 aromatic carbocycles. The molecule has 0 radical (unpaired) electrons. The molecule has 0 aliphatic heterocycles. The van der Waals surface area contributed by atoms with Gasteiger partial charge in [0.05, 0.1) is 20.3 Å². The Balaban J connectivity index is 2.74. The number of hydrogen-bond acceptors (Lipinski definition) is 7. The number of ether oxygens (including phenoxy) is 3. The van der Waals surface area contributed by atoms with E-state index in [0.29, 0.717) is 23.7 Å². The first-order valence-corrected chi connectivity index (χ1v) is 7.71. The average molecular weight is 347 g/mol. The summed E-state index contributed by atoms with van der Waals surface area (Å²) < 4.78 is 15.4. The number of methoxy groups -OCH3 is 1. The number of carbonyl (C=O) groups is 2. The third-order valence-corrected chi connectivity index (χ3v) is 2.91. The number of amides is 1. The molecule has 0 aliphatic rings. The summed E-state index contributed by atoms with van der Waals surface area (Å²) in [7, 11) is 1.48. The highest BCUT2D eigenvalue weighted by atomic mass is 16.5. The fraction of sp³-hybridized carbons (Fsp3) is 0.353. The van der Waals surface area contributed by atoms with Crippen molar-refractivity contribution < 1.29 is 23.8 Å². The lowest BCUT2D eigenvalue weighted by atomic mass is 10.2. The molecule has 0 saturated carbocycles. The lowest BCUT2D eigenvalue weighted by molar-refractivity contribution is -0.138. The number of benzene rings is 1. The maximum atomic E-state index is 12.1. The number of nitriles is 1. The van der Waals surface area contributed by atoms with E-state index in [1.807, 2.05) is 6.92 Å². The van der Waals surface area contributed by atoms with Gasteiger partial charge in [0.1, 0.15) is 6.07 Å². The van der Waals surface area contributed by atoms with Gasteiger partial charge in [-0.25, -0.2) is 4.79 Å². The molecule has 0 saturated heterocycles. The highest BCUT2D eigenvalue weighted by molar-refractivity contribution is 5.95. The van der Waals surface area contributed by atoms with Crippen LogP contribution in [0, 0.1) is 11.3 Å². The van der Waals surface area contributed by atoms with Crippen LogP contribution in [0.4, 0.5) is 0 Å². The predicted octanol–water partition coefficient (Wildman–Crippen LogP) is 1.69. The van der Waals surface area contributed by atoms with Crippen molar-refractivity contribution in [3.05, 3.63) is 35.5 Å². The molecule has 134 valence electrons. The number of nitrogens with zero attached hydrogens (tertiary/aromatic N) is 1. The molecule has 25 heavy (non-hydrogen) atoms. The smallest absolute Gasteiger partial charge is 0.350 e. The second-order valence-corrected chi connectivity index (χ2v) is 4.70. The summed E-state index contributed by atoms with van der Waals surface area (Å²) in [6, 6.07) is 6.42. The van der Waals surface area contributed by atoms with E-state index >= 15 is 0 Å². The molecule has 0 aromatic heterocycles. The largest absolute Gasteiger partial charge is 0.493 e. The van der Waals surface area contributed by atoms with Gasteiger partial charge in [0.25, 0.3) is 5.91 Å². The Kier molecular flexibility index (Phi) is 8.37. The minimum absolute atomic E-state index is 0.149. The first kappa shape index (κ1) is 19.8. The zero-order chi connectivity index (χ0) is 18.7. The SMILES string of the molecule is CCCOc1ccc(C(=O)NN/C=C(\C#N)C(=O)OCC)cc1OC. The van der Waals surface area contributed by atoms with E-state index < -0.39 is 11.9 Å². The summed E-state index contributed by atoms with van der Waals surface area (Å²) in [5.41, 5.74) is 4.81. The summed E-state index contributed by atoms with van der Waals surface area (Å²) in [6.45, 7) is 4.30. The van der Waals surface area contributed by atoms with Gasteiger partial charge in [0, 0.05) is 11.8 Å². The van der Waals surface area contributed by atoms with Crippen molar-refractivity contribution in [3.63, 3.8) is 0 Å². The molecule has 0 bridgehead atoms. The third-order valence-electron chi connectivity index (χ3n) is 2.91. The van der Waals surface area contributed by atoms with E-state index in [4.69, 9.17) is 19.5 Å². The van der Waals surface area contributed by atoms with Gasteiger partial charge in [-0.1, -0.05) is 6.92 Å². The topological polar surface area (TPSA) is 110 Å². The van der Waals surface area contributed by atoms with Gasteiger partial charge in [-0.15, -0.1) is 0 Å². The van der Waals surface area contributed by atoms with Crippen molar-refractivity contribution >= 4 is 11.9 Å². The van der Waals surface area contributed by atoms with Gasteiger partial charge in [0.15, 0.2) is 17.1 Å². The Hall–Kier alpha value is -3.21. The van der Waals surface area contributed by atoms with Crippen molar-refractivity contribution in [2.75, 3.05) is 20.3 Å². The number of esters is 1. The maximum absolute atomic E-state index is 12.1. The normalized spacial score (nSPS) is 10.4. The number of rotatable bonds is 9. The first-order valence-electron chi connectivity index (χ1n) is 7.71. The molecule has 1 amide bonds. The fourth-order valence-corrected chi connectivity index (χ4v) is 1.73. The molecule has 1 rings (SSSR count). The van der Waals surface area contributed by atoms with Crippen LogP contribution in [0.15, 0.2) is 30.0 Å². The molecule has 8 nitrogen and oxygen atoms in total. The second-order valence-electron chi connectivity index (χ2n) is 4.70. The van der Waals surface area contributed by atoms with Crippen molar-refractivity contribution in [2.24, 2.45) is 0 Å². The Morgan fingerprint density at radius 1 is 1.28 bits per heavy atom. The van der Waals surface area contributed by atoms with Crippen molar-refractivity contribution in [1.82, 2.24) is 10.9 Å². The van der Waals surface area contributed by atoms with E-state index in [0.717, 1.165) is 12.6 Å². The summed E-state index contributed by atoms with van der Waals surface area (Å²) >= 11 is 0. The molecule has 2 N–H and O–H groups in total. The van der Waals surface area contributed by atoms with Crippen LogP contribution in [0.25, 0.3) is 0 Å². The van der Waals surface area contributed by atoms with Crippen LogP contribution in [0.5, 0.6) is 11.5 Å². The van der Waals surface area contributed by atoms with Crippen LogP contribution < -0.4 is 20.3 Å². The van der Waals surface area contributed by atoms with Gasteiger partial charge >= 0.3 is 5.97 Å². The quantitative estimate of drug-likeness (QED) is 0.303. The summed E-state index contributed by atoms with van der Waals surface area (Å²) in [4.78, 5) is 23.5. The predicted molar refractivity (Wildman–Crippen MR) is 89.7 cm³/mol.